The van der Waals surface area contributed by atoms with Crippen molar-refractivity contribution in [1.29, 1.82) is 0 Å². The average Bonchev–Trinajstić information content (AvgIpc) is 3.24. The van der Waals surface area contributed by atoms with Crippen LogP contribution in [-0.4, -0.2) is 23.6 Å². The standard InChI is InChI=1S/C19H21N2OS/c1-4-12(2)21(11-13(21)3)14-5-7-16-18(9-14)23-19-10-15(22)6-8-17(19)20-16/h5-10,12-13H,4,11H2,1-3H3/q+1. The molecule has 0 N–H and O–H groups in total. The lowest BCUT2D eigenvalue weighted by atomic mass is 10.1. The molecule has 3 nitrogen and oxygen atoms in total. The van der Waals surface area contributed by atoms with Gasteiger partial charge in [0.15, 0.2) is 5.43 Å². The summed E-state index contributed by atoms with van der Waals surface area (Å²) in [5.41, 5.74) is 3.35. The van der Waals surface area contributed by atoms with Gasteiger partial charge in [-0.1, -0.05) is 6.92 Å². The maximum atomic E-state index is 11.6. The average molecular weight is 325 g/mol. The van der Waals surface area contributed by atoms with E-state index in [9.17, 15) is 4.79 Å². The maximum Gasteiger partial charge on any atom is 0.180 e. The molecule has 3 aliphatic rings. The summed E-state index contributed by atoms with van der Waals surface area (Å²) in [4.78, 5) is 17.3. The Labute approximate surface area is 140 Å². The Bertz CT molecular complexity index is 919. The van der Waals surface area contributed by atoms with Crippen LogP contribution in [0.25, 0.3) is 20.8 Å². The zero-order valence-corrected chi connectivity index (χ0v) is 14.6. The van der Waals surface area contributed by atoms with Crippen LogP contribution in [0.5, 0.6) is 0 Å². The van der Waals surface area contributed by atoms with Crippen LogP contribution in [0.3, 0.4) is 0 Å². The molecule has 1 aromatic carbocycles. The highest BCUT2D eigenvalue weighted by Crippen LogP contribution is 2.44. The SMILES string of the molecule is CCC(C)[N+]1(c2ccc3nc4ccc(=O)cc-4sc3c2)CC1C. The van der Waals surface area contributed by atoms with Crippen LogP contribution in [0.15, 0.2) is 41.2 Å². The first-order chi connectivity index (χ1) is 11.0. The fourth-order valence-electron chi connectivity index (χ4n) is 3.80. The first kappa shape index (κ1) is 14.8. The van der Waals surface area contributed by atoms with Crippen molar-refractivity contribution in [3.05, 3.63) is 46.6 Å². The van der Waals surface area contributed by atoms with Gasteiger partial charge in [-0.2, -0.15) is 0 Å². The third kappa shape index (κ3) is 2.20. The molecule has 3 atom stereocenters. The van der Waals surface area contributed by atoms with Crippen molar-refractivity contribution in [1.82, 2.24) is 9.47 Å². The molecule has 0 radical (unpaired) electrons. The molecule has 4 rings (SSSR count). The Morgan fingerprint density at radius 2 is 2.09 bits per heavy atom. The summed E-state index contributed by atoms with van der Waals surface area (Å²) < 4.78 is 2.25. The van der Waals surface area contributed by atoms with E-state index in [0.29, 0.717) is 12.1 Å². The molecule has 4 heteroatoms. The summed E-state index contributed by atoms with van der Waals surface area (Å²) in [6.45, 7) is 8.17. The second-order valence-corrected chi connectivity index (χ2v) is 7.80. The molecule has 0 amide bonds. The van der Waals surface area contributed by atoms with Crippen molar-refractivity contribution >= 4 is 27.2 Å². The Balaban J connectivity index is 1.90. The number of hydrogen-bond acceptors (Lipinski definition) is 3. The highest BCUT2D eigenvalue weighted by Gasteiger charge is 2.56. The van der Waals surface area contributed by atoms with Gasteiger partial charge in [0.2, 0.25) is 0 Å². The van der Waals surface area contributed by atoms with Gasteiger partial charge in [0.05, 0.1) is 26.8 Å². The summed E-state index contributed by atoms with van der Waals surface area (Å²) in [5, 5.41) is 0. The molecule has 118 valence electrons. The molecule has 1 aromatic rings. The van der Waals surface area contributed by atoms with Crippen molar-refractivity contribution < 1.29 is 0 Å². The molecular formula is C19H21N2OS+. The minimum absolute atomic E-state index is 0.0497. The van der Waals surface area contributed by atoms with E-state index in [4.69, 9.17) is 4.98 Å². The molecule has 2 aliphatic heterocycles. The van der Waals surface area contributed by atoms with Crippen LogP contribution >= 0.6 is 11.3 Å². The van der Waals surface area contributed by atoms with Crippen molar-refractivity contribution in [2.45, 2.75) is 39.3 Å². The number of fused-ring (bicyclic) bond motifs is 2. The third-order valence-corrected chi connectivity index (χ3v) is 6.51. The number of quaternary nitrogens is 1. The number of hydrogen-bond donors (Lipinski definition) is 0. The molecular weight excluding hydrogens is 304 g/mol. The van der Waals surface area contributed by atoms with Crippen LogP contribution < -0.4 is 9.91 Å². The number of rotatable bonds is 3. The summed E-state index contributed by atoms with van der Waals surface area (Å²) in [6, 6.07) is 13.1. The van der Waals surface area contributed by atoms with E-state index in [1.54, 1.807) is 23.5 Å². The molecule has 0 aromatic heterocycles. The van der Waals surface area contributed by atoms with Crippen molar-refractivity contribution in [3.8, 4) is 10.6 Å². The molecule has 0 saturated carbocycles. The Hall–Kier alpha value is -1.78. The quantitative estimate of drug-likeness (QED) is 0.409. The Morgan fingerprint density at radius 3 is 2.78 bits per heavy atom. The van der Waals surface area contributed by atoms with E-state index in [2.05, 4.69) is 39.0 Å². The molecule has 0 spiro atoms. The van der Waals surface area contributed by atoms with Gasteiger partial charge in [-0.3, -0.25) is 9.28 Å². The van der Waals surface area contributed by atoms with Crippen LogP contribution in [0.1, 0.15) is 27.2 Å². The lowest BCUT2D eigenvalue weighted by Gasteiger charge is -2.26. The van der Waals surface area contributed by atoms with Gasteiger partial charge in [0.25, 0.3) is 0 Å². The highest BCUT2D eigenvalue weighted by molar-refractivity contribution is 7.21. The van der Waals surface area contributed by atoms with Crippen LogP contribution in [0.4, 0.5) is 5.69 Å². The fraction of sp³-hybridized carbons (Fsp3) is 0.368. The maximum absolute atomic E-state index is 11.6. The number of nitrogens with zero attached hydrogens (tertiary/aromatic N) is 2. The third-order valence-electron chi connectivity index (χ3n) is 5.41. The number of aromatic nitrogens is 1. The first-order valence-electron chi connectivity index (χ1n) is 8.27. The summed E-state index contributed by atoms with van der Waals surface area (Å²) in [5.74, 6) is 0. The normalized spacial score (nSPS) is 24.9. The predicted molar refractivity (Wildman–Crippen MR) is 98.4 cm³/mol. The molecule has 1 saturated heterocycles. The zero-order valence-electron chi connectivity index (χ0n) is 13.7. The number of benzene rings is 2. The monoisotopic (exact) mass is 325 g/mol. The molecule has 1 fully saturated rings. The highest BCUT2D eigenvalue weighted by atomic mass is 32.1. The van der Waals surface area contributed by atoms with Gasteiger partial charge >= 0.3 is 0 Å². The van der Waals surface area contributed by atoms with Crippen LogP contribution in [-0.2, 0) is 0 Å². The summed E-state index contributed by atoms with van der Waals surface area (Å²) in [6.07, 6.45) is 1.18. The smallest absolute Gasteiger partial charge is 0.180 e. The van der Waals surface area contributed by atoms with E-state index >= 15 is 0 Å². The second-order valence-electron chi connectivity index (χ2n) is 6.71. The lowest BCUT2D eigenvalue weighted by Crippen LogP contribution is -2.38. The fourth-order valence-corrected chi connectivity index (χ4v) is 4.83. The summed E-state index contributed by atoms with van der Waals surface area (Å²) in [7, 11) is 0. The first-order valence-corrected chi connectivity index (χ1v) is 9.09. The van der Waals surface area contributed by atoms with Crippen molar-refractivity contribution in [3.63, 3.8) is 0 Å². The minimum Gasteiger partial charge on any atom is -0.290 e. The largest absolute Gasteiger partial charge is 0.290 e. The topological polar surface area (TPSA) is 30.0 Å². The lowest BCUT2D eigenvalue weighted by molar-refractivity contribution is 0.384. The van der Waals surface area contributed by atoms with Gasteiger partial charge < -0.3 is 0 Å². The van der Waals surface area contributed by atoms with Gasteiger partial charge in [0, 0.05) is 18.2 Å². The Morgan fingerprint density at radius 1 is 1.30 bits per heavy atom. The Kier molecular flexibility index (Phi) is 3.29. The molecule has 23 heavy (non-hydrogen) atoms. The molecule has 0 bridgehead atoms. The van der Waals surface area contributed by atoms with E-state index in [1.807, 2.05) is 6.07 Å². The molecule has 1 aliphatic carbocycles. The van der Waals surface area contributed by atoms with Gasteiger partial charge in [-0.05, 0) is 38.5 Å². The van der Waals surface area contributed by atoms with Crippen molar-refractivity contribution in [2.24, 2.45) is 0 Å². The van der Waals surface area contributed by atoms with Gasteiger partial charge in [0.1, 0.15) is 18.3 Å². The van der Waals surface area contributed by atoms with E-state index in [0.717, 1.165) is 20.6 Å². The minimum atomic E-state index is 0.0497. The van der Waals surface area contributed by atoms with E-state index < -0.39 is 0 Å². The molecule has 2 heterocycles. The van der Waals surface area contributed by atoms with Crippen molar-refractivity contribution in [2.75, 3.05) is 6.54 Å². The van der Waals surface area contributed by atoms with Crippen LogP contribution in [0, 0.1) is 0 Å². The van der Waals surface area contributed by atoms with Gasteiger partial charge in [-0.15, -0.1) is 11.3 Å². The van der Waals surface area contributed by atoms with Gasteiger partial charge in [-0.25, -0.2) is 4.98 Å². The second kappa shape index (κ2) is 5.11. The van der Waals surface area contributed by atoms with E-state index in [1.165, 1.54) is 23.4 Å². The van der Waals surface area contributed by atoms with E-state index in [-0.39, 0.29) is 5.43 Å². The van der Waals surface area contributed by atoms with Crippen LogP contribution in [0.2, 0.25) is 0 Å². The summed E-state index contributed by atoms with van der Waals surface area (Å²) >= 11 is 1.67. The molecule has 3 unspecified atom stereocenters. The zero-order chi connectivity index (χ0) is 16.2. The predicted octanol–water partition coefficient (Wildman–Crippen LogP) is 4.27.